The molecule has 0 amide bonds. The van der Waals surface area contributed by atoms with E-state index >= 15 is 0 Å². The molecule has 0 N–H and O–H groups in total. The first-order valence-corrected chi connectivity index (χ1v) is 9.51. The standard InChI is InChI=1S/C22H35BO2/c1-17(20(2,3)4)16-19(15-14-18-12-10-9-11-13-18)23-24-21(5,6)22(7,8)25-23/h9-13,16,19H,14-15H2,1-8H3/b17-16+/t19-/m0/s1. The third-order valence-electron chi connectivity index (χ3n) is 5.88. The van der Waals surface area contributed by atoms with Crippen molar-refractivity contribution in [1.29, 1.82) is 0 Å². The Morgan fingerprint density at radius 3 is 2.04 bits per heavy atom. The average Bonchev–Trinajstić information content (AvgIpc) is 2.71. The summed E-state index contributed by atoms with van der Waals surface area (Å²) in [4.78, 5) is 0. The Bertz CT molecular complexity index is 580. The van der Waals surface area contributed by atoms with Gasteiger partial charge in [-0.2, -0.15) is 0 Å². The Kier molecular flexibility index (Phi) is 5.90. The van der Waals surface area contributed by atoms with Gasteiger partial charge in [0.05, 0.1) is 11.2 Å². The van der Waals surface area contributed by atoms with Gasteiger partial charge in [0.15, 0.2) is 0 Å². The highest BCUT2D eigenvalue weighted by molar-refractivity contribution is 6.48. The zero-order chi connectivity index (χ0) is 18.9. The van der Waals surface area contributed by atoms with Crippen LogP contribution in [-0.4, -0.2) is 18.3 Å². The number of allylic oxidation sites excluding steroid dienone is 2. The van der Waals surface area contributed by atoms with Gasteiger partial charge in [-0.1, -0.05) is 62.8 Å². The lowest BCUT2D eigenvalue weighted by Crippen LogP contribution is -2.41. The Morgan fingerprint density at radius 1 is 1.04 bits per heavy atom. The first-order chi connectivity index (χ1) is 11.4. The maximum Gasteiger partial charge on any atom is 0.465 e. The number of aryl methyl sites for hydroxylation is 1. The lowest BCUT2D eigenvalue weighted by Gasteiger charge is -2.32. The maximum absolute atomic E-state index is 6.36. The molecule has 0 unspecified atom stereocenters. The molecule has 1 aliphatic rings. The first kappa shape index (κ1) is 20.3. The molecule has 0 saturated carbocycles. The van der Waals surface area contributed by atoms with Crippen LogP contribution in [0, 0.1) is 5.41 Å². The van der Waals surface area contributed by atoms with Crippen molar-refractivity contribution in [2.45, 2.75) is 85.3 Å². The lowest BCUT2D eigenvalue weighted by atomic mass is 9.67. The molecule has 0 aromatic heterocycles. The van der Waals surface area contributed by atoms with Gasteiger partial charge in [-0.15, -0.1) is 0 Å². The summed E-state index contributed by atoms with van der Waals surface area (Å²) in [5.74, 6) is 0.250. The molecule has 1 saturated heterocycles. The highest BCUT2D eigenvalue weighted by Crippen LogP contribution is 2.42. The molecule has 25 heavy (non-hydrogen) atoms. The molecule has 3 heteroatoms. The molecule has 1 aliphatic heterocycles. The molecule has 1 aromatic carbocycles. The summed E-state index contributed by atoms with van der Waals surface area (Å²) in [5, 5.41) is 0. The van der Waals surface area contributed by atoms with Crippen LogP contribution in [0.3, 0.4) is 0 Å². The number of hydrogen-bond acceptors (Lipinski definition) is 2. The number of benzene rings is 1. The van der Waals surface area contributed by atoms with Crippen LogP contribution in [0.5, 0.6) is 0 Å². The average molecular weight is 342 g/mol. The normalized spacial score (nSPS) is 21.4. The van der Waals surface area contributed by atoms with E-state index in [1.165, 1.54) is 11.1 Å². The molecule has 1 aromatic rings. The van der Waals surface area contributed by atoms with Crippen molar-refractivity contribution in [3.8, 4) is 0 Å². The quantitative estimate of drug-likeness (QED) is 0.477. The monoisotopic (exact) mass is 342 g/mol. The predicted octanol–water partition coefficient (Wildman–Crippen LogP) is 6.07. The zero-order valence-electron chi connectivity index (χ0n) is 17.3. The van der Waals surface area contributed by atoms with Crippen molar-refractivity contribution in [3.05, 3.63) is 47.5 Å². The molecule has 1 atom stereocenters. The topological polar surface area (TPSA) is 18.5 Å². The number of hydrogen-bond donors (Lipinski definition) is 0. The SMILES string of the molecule is C/C(=C\[C@H](CCc1ccccc1)B1OC(C)(C)C(C)(C)O1)C(C)(C)C. The van der Waals surface area contributed by atoms with Crippen molar-refractivity contribution in [3.63, 3.8) is 0 Å². The van der Waals surface area contributed by atoms with Crippen molar-refractivity contribution >= 4 is 7.12 Å². The van der Waals surface area contributed by atoms with E-state index in [2.05, 4.69) is 91.8 Å². The minimum Gasteiger partial charge on any atom is -0.403 e. The summed E-state index contributed by atoms with van der Waals surface area (Å²) in [6.45, 7) is 17.5. The molecule has 2 nitrogen and oxygen atoms in total. The molecule has 0 bridgehead atoms. The summed E-state index contributed by atoms with van der Waals surface area (Å²) in [6, 6.07) is 10.7. The van der Waals surface area contributed by atoms with Gasteiger partial charge in [-0.05, 0) is 58.4 Å². The van der Waals surface area contributed by atoms with E-state index < -0.39 is 0 Å². The minimum atomic E-state index is -0.286. The van der Waals surface area contributed by atoms with Crippen LogP contribution in [0.4, 0.5) is 0 Å². The van der Waals surface area contributed by atoms with Crippen LogP contribution < -0.4 is 0 Å². The van der Waals surface area contributed by atoms with E-state index in [0.717, 1.165) is 12.8 Å². The Labute approximate surface area is 155 Å². The number of rotatable bonds is 5. The van der Waals surface area contributed by atoms with E-state index in [-0.39, 0.29) is 29.6 Å². The summed E-state index contributed by atoms with van der Waals surface area (Å²) >= 11 is 0. The van der Waals surface area contributed by atoms with Gasteiger partial charge in [0.25, 0.3) is 0 Å². The molecule has 1 heterocycles. The van der Waals surface area contributed by atoms with Crippen LogP contribution in [0.1, 0.15) is 67.4 Å². The third kappa shape index (κ3) is 4.98. The van der Waals surface area contributed by atoms with E-state index in [1.54, 1.807) is 0 Å². The van der Waals surface area contributed by atoms with Crippen molar-refractivity contribution in [2.24, 2.45) is 5.41 Å². The molecular weight excluding hydrogens is 307 g/mol. The lowest BCUT2D eigenvalue weighted by molar-refractivity contribution is 0.00578. The molecule has 2 rings (SSSR count). The van der Waals surface area contributed by atoms with E-state index in [9.17, 15) is 0 Å². The van der Waals surface area contributed by atoms with Gasteiger partial charge in [0.2, 0.25) is 0 Å². The summed E-state index contributed by atoms with van der Waals surface area (Å²) < 4.78 is 12.7. The van der Waals surface area contributed by atoms with Crippen LogP contribution >= 0.6 is 0 Å². The first-order valence-electron chi connectivity index (χ1n) is 9.51. The Balaban J connectivity index is 2.21. The maximum atomic E-state index is 6.36. The van der Waals surface area contributed by atoms with Crippen molar-refractivity contribution in [1.82, 2.24) is 0 Å². The van der Waals surface area contributed by atoms with Crippen LogP contribution in [0.15, 0.2) is 42.0 Å². The Morgan fingerprint density at radius 2 is 1.56 bits per heavy atom. The van der Waals surface area contributed by atoms with E-state index in [1.807, 2.05) is 0 Å². The van der Waals surface area contributed by atoms with Crippen LogP contribution in [0.25, 0.3) is 0 Å². The van der Waals surface area contributed by atoms with Crippen LogP contribution in [0.2, 0.25) is 5.82 Å². The van der Waals surface area contributed by atoms with Gasteiger partial charge in [-0.3, -0.25) is 0 Å². The van der Waals surface area contributed by atoms with Gasteiger partial charge >= 0.3 is 7.12 Å². The zero-order valence-corrected chi connectivity index (χ0v) is 17.3. The van der Waals surface area contributed by atoms with Gasteiger partial charge in [0, 0.05) is 5.82 Å². The van der Waals surface area contributed by atoms with Crippen molar-refractivity contribution < 1.29 is 9.31 Å². The molecule has 0 aliphatic carbocycles. The molecule has 0 spiro atoms. The fourth-order valence-corrected chi connectivity index (χ4v) is 2.91. The van der Waals surface area contributed by atoms with Crippen molar-refractivity contribution in [2.75, 3.05) is 0 Å². The Hall–Kier alpha value is -1.06. The predicted molar refractivity (Wildman–Crippen MR) is 108 cm³/mol. The molecular formula is C22H35BO2. The largest absolute Gasteiger partial charge is 0.465 e. The second-order valence-corrected chi connectivity index (χ2v) is 9.41. The summed E-state index contributed by atoms with van der Waals surface area (Å²) in [5.41, 5.74) is 2.35. The highest BCUT2D eigenvalue weighted by Gasteiger charge is 2.53. The molecule has 0 radical (unpaired) electrons. The third-order valence-corrected chi connectivity index (χ3v) is 5.88. The van der Waals surface area contributed by atoms with Gasteiger partial charge < -0.3 is 9.31 Å². The second-order valence-electron chi connectivity index (χ2n) is 9.41. The summed E-state index contributed by atoms with van der Waals surface area (Å²) in [7, 11) is -0.189. The van der Waals surface area contributed by atoms with Gasteiger partial charge in [0.1, 0.15) is 0 Å². The van der Waals surface area contributed by atoms with Crippen LogP contribution in [-0.2, 0) is 15.7 Å². The minimum absolute atomic E-state index is 0.161. The second kappa shape index (κ2) is 7.29. The molecule has 138 valence electrons. The smallest absolute Gasteiger partial charge is 0.403 e. The van der Waals surface area contributed by atoms with Gasteiger partial charge in [-0.25, -0.2) is 0 Å². The molecule has 1 fully saturated rings. The highest BCUT2D eigenvalue weighted by atomic mass is 16.7. The fraction of sp³-hybridized carbons (Fsp3) is 0.636. The van der Waals surface area contributed by atoms with E-state index in [0.29, 0.717) is 0 Å². The summed E-state index contributed by atoms with van der Waals surface area (Å²) in [6.07, 6.45) is 4.43. The van der Waals surface area contributed by atoms with E-state index in [4.69, 9.17) is 9.31 Å². The fourth-order valence-electron chi connectivity index (χ4n) is 2.91.